The Morgan fingerprint density at radius 1 is 1.25 bits per heavy atom. The molecule has 0 amide bonds. The summed E-state index contributed by atoms with van der Waals surface area (Å²) in [6.45, 7) is 3.39. The zero-order valence-electron chi connectivity index (χ0n) is 13.9. The number of hydrogen-bond donors (Lipinski definition) is 2. The minimum atomic E-state index is 0.542. The summed E-state index contributed by atoms with van der Waals surface area (Å²) in [6.07, 6.45) is 2.71. The van der Waals surface area contributed by atoms with Crippen LogP contribution in [0.15, 0.2) is 24.4 Å². The van der Waals surface area contributed by atoms with Crippen LogP contribution in [0.25, 0.3) is 0 Å². The van der Waals surface area contributed by atoms with Crippen LogP contribution in [0.3, 0.4) is 0 Å². The zero-order valence-corrected chi connectivity index (χ0v) is 15.5. The van der Waals surface area contributed by atoms with Crippen molar-refractivity contribution in [2.45, 2.75) is 19.9 Å². The number of aryl methyl sites for hydroxylation is 2. The molecular formula is C16H21ClN4O2S. The molecule has 0 saturated carbocycles. The van der Waals surface area contributed by atoms with Crippen LogP contribution in [0.4, 0.5) is 5.69 Å². The van der Waals surface area contributed by atoms with E-state index in [9.17, 15) is 0 Å². The molecule has 0 bridgehead atoms. The van der Waals surface area contributed by atoms with Crippen molar-refractivity contribution in [1.29, 1.82) is 0 Å². The summed E-state index contributed by atoms with van der Waals surface area (Å²) in [4.78, 5) is 0. The average molecular weight is 369 g/mol. The molecule has 2 aromatic rings. The minimum Gasteiger partial charge on any atom is -0.497 e. The average Bonchev–Trinajstić information content (AvgIpc) is 2.89. The van der Waals surface area contributed by atoms with Crippen molar-refractivity contribution in [3.63, 3.8) is 0 Å². The van der Waals surface area contributed by atoms with Crippen molar-refractivity contribution >= 4 is 34.6 Å². The van der Waals surface area contributed by atoms with Gasteiger partial charge in [0.1, 0.15) is 11.5 Å². The molecule has 1 aromatic carbocycles. The second-order valence-electron chi connectivity index (χ2n) is 5.16. The molecule has 24 heavy (non-hydrogen) atoms. The van der Waals surface area contributed by atoms with Gasteiger partial charge in [-0.3, -0.25) is 4.68 Å². The molecule has 0 unspecified atom stereocenters. The van der Waals surface area contributed by atoms with Crippen LogP contribution < -0.4 is 20.1 Å². The third-order valence-corrected chi connectivity index (χ3v) is 3.96. The normalized spacial score (nSPS) is 10.3. The molecule has 6 nitrogen and oxygen atoms in total. The molecule has 8 heteroatoms. The number of aromatic nitrogens is 2. The highest BCUT2D eigenvalue weighted by atomic mass is 35.5. The minimum absolute atomic E-state index is 0.542. The Kier molecular flexibility index (Phi) is 6.69. The number of ether oxygens (including phenoxy) is 2. The molecule has 0 aliphatic heterocycles. The molecular weight excluding hydrogens is 348 g/mol. The molecule has 0 saturated heterocycles. The van der Waals surface area contributed by atoms with Gasteiger partial charge in [-0.15, -0.1) is 0 Å². The van der Waals surface area contributed by atoms with Gasteiger partial charge in [-0.1, -0.05) is 11.6 Å². The molecule has 2 N–H and O–H groups in total. The first-order chi connectivity index (χ1) is 11.5. The Bertz CT molecular complexity index is 664. The van der Waals surface area contributed by atoms with Crippen LogP contribution in [0.2, 0.25) is 5.02 Å². The molecule has 1 aromatic heterocycles. The Hall–Kier alpha value is -1.99. The lowest BCUT2D eigenvalue weighted by Gasteiger charge is -2.13. The van der Waals surface area contributed by atoms with Gasteiger partial charge in [-0.25, -0.2) is 0 Å². The number of thiocarbonyl (C=S) groups is 1. The second-order valence-corrected chi connectivity index (χ2v) is 5.98. The van der Waals surface area contributed by atoms with Gasteiger partial charge >= 0.3 is 0 Å². The SMILES string of the molecule is COc1cc(NC(=S)NCCCn2cc(Cl)c(C)n2)cc(OC)c1. The topological polar surface area (TPSA) is 60.3 Å². The fourth-order valence-corrected chi connectivity index (χ4v) is 2.48. The summed E-state index contributed by atoms with van der Waals surface area (Å²) in [5.41, 5.74) is 1.65. The summed E-state index contributed by atoms with van der Waals surface area (Å²) < 4.78 is 12.3. The van der Waals surface area contributed by atoms with E-state index in [1.54, 1.807) is 20.3 Å². The monoisotopic (exact) mass is 368 g/mol. The van der Waals surface area contributed by atoms with E-state index < -0.39 is 0 Å². The van der Waals surface area contributed by atoms with E-state index in [1.165, 1.54) is 0 Å². The third kappa shape index (κ3) is 5.28. The van der Waals surface area contributed by atoms with Gasteiger partial charge in [0.15, 0.2) is 5.11 Å². The molecule has 0 atom stereocenters. The smallest absolute Gasteiger partial charge is 0.170 e. The maximum Gasteiger partial charge on any atom is 0.170 e. The van der Waals surface area contributed by atoms with Crippen molar-refractivity contribution in [2.24, 2.45) is 0 Å². The predicted molar refractivity (Wildman–Crippen MR) is 100 cm³/mol. The zero-order chi connectivity index (χ0) is 17.5. The van der Waals surface area contributed by atoms with Crippen LogP contribution in [0.1, 0.15) is 12.1 Å². The fraction of sp³-hybridized carbons (Fsp3) is 0.375. The van der Waals surface area contributed by atoms with Gasteiger partial charge in [-0.2, -0.15) is 5.10 Å². The molecule has 2 rings (SSSR count). The molecule has 1 heterocycles. The lowest BCUT2D eigenvalue weighted by Crippen LogP contribution is -2.29. The molecule has 0 fully saturated rings. The van der Waals surface area contributed by atoms with Gasteiger partial charge in [0.05, 0.1) is 24.9 Å². The van der Waals surface area contributed by atoms with Crippen molar-refractivity contribution in [2.75, 3.05) is 26.1 Å². The number of benzene rings is 1. The quantitative estimate of drug-likeness (QED) is 0.578. The van der Waals surface area contributed by atoms with E-state index >= 15 is 0 Å². The lowest BCUT2D eigenvalue weighted by molar-refractivity contribution is 0.395. The van der Waals surface area contributed by atoms with E-state index in [0.29, 0.717) is 21.6 Å². The Morgan fingerprint density at radius 2 is 1.92 bits per heavy atom. The number of nitrogens with one attached hydrogen (secondary N) is 2. The van der Waals surface area contributed by atoms with Crippen LogP contribution in [0, 0.1) is 6.92 Å². The highest BCUT2D eigenvalue weighted by molar-refractivity contribution is 7.80. The number of rotatable bonds is 7. The van der Waals surface area contributed by atoms with Crippen molar-refractivity contribution in [3.8, 4) is 11.5 Å². The Labute approximate surface area is 152 Å². The molecule has 130 valence electrons. The highest BCUT2D eigenvalue weighted by Gasteiger charge is 2.04. The number of methoxy groups -OCH3 is 2. The summed E-state index contributed by atoms with van der Waals surface area (Å²) in [5.74, 6) is 1.40. The first-order valence-electron chi connectivity index (χ1n) is 7.49. The van der Waals surface area contributed by atoms with Crippen molar-refractivity contribution in [3.05, 3.63) is 35.1 Å². The fourth-order valence-electron chi connectivity index (χ4n) is 2.11. The first kappa shape index (κ1) is 18.4. The van der Waals surface area contributed by atoms with E-state index in [2.05, 4.69) is 15.7 Å². The summed E-state index contributed by atoms with van der Waals surface area (Å²) in [6, 6.07) is 5.51. The Balaban J connectivity index is 1.78. The van der Waals surface area contributed by atoms with Crippen LogP contribution in [0.5, 0.6) is 11.5 Å². The van der Waals surface area contributed by atoms with E-state index in [0.717, 1.165) is 30.9 Å². The summed E-state index contributed by atoms with van der Waals surface area (Å²) >= 11 is 11.3. The van der Waals surface area contributed by atoms with Gasteiger partial charge in [0.2, 0.25) is 0 Å². The van der Waals surface area contributed by atoms with Crippen LogP contribution >= 0.6 is 23.8 Å². The number of anilines is 1. The largest absolute Gasteiger partial charge is 0.497 e. The number of hydrogen-bond acceptors (Lipinski definition) is 4. The van der Waals surface area contributed by atoms with E-state index in [4.69, 9.17) is 33.3 Å². The van der Waals surface area contributed by atoms with E-state index in [-0.39, 0.29) is 0 Å². The van der Waals surface area contributed by atoms with Gasteiger partial charge in [0.25, 0.3) is 0 Å². The number of nitrogens with zero attached hydrogens (tertiary/aromatic N) is 2. The maximum atomic E-state index is 5.98. The standard InChI is InChI=1S/C16H21ClN4O2S/c1-11-15(17)10-21(20-11)6-4-5-18-16(24)19-12-7-13(22-2)9-14(8-12)23-3/h7-10H,4-6H2,1-3H3,(H2,18,19,24). The summed E-state index contributed by atoms with van der Waals surface area (Å²) in [7, 11) is 3.22. The molecule has 0 spiro atoms. The Morgan fingerprint density at radius 3 is 2.46 bits per heavy atom. The highest BCUT2D eigenvalue weighted by Crippen LogP contribution is 2.25. The lowest BCUT2D eigenvalue weighted by atomic mass is 10.3. The van der Waals surface area contributed by atoms with Gasteiger partial charge < -0.3 is 20.1 Å². The van der Waals surface area contributed by atoms with Gasteiger partial charge in [0, 0.05) is 43.2 Å². The third-order valence-electron chi connectivity index (χ3n) is 3.35. The van der Waals surface area contributed by atoms with Crippen molar-refractivity contribution < 1.29 is 9.47 Å². The van der Waals surface area contributed by atoms with Crippen molar-refractivity contribution in [1.82, 2.24) is 15.1 Å². The van der Waals surface area contributed by atoms with Gasteiger partial charge in [-0.05, 0) is 25.6 Å². The summed E-state index contributed by atoms with van der Waals surface area (Å²) in [5, 5.41) is 11.8. The van der Waals surface area contributed by atoms with Crippen LogP contribution in [-0.4, -0.2) is 35.7 Å². The number of halogens is 1. The molecule has 0 aliphatic rings. The second kappa shape index (κ2) is 8.75. The van der Waals surface area contributed by atoms with Crippen LogP contribution in [-0.2, 0) is 6.54 Å². The maximum absolute atomic E-state index is 5.98. The molecule has 0 radical (unpaired) electrons. The molecule has 0 aliphatic carbocycles. The van der Waals surface area contributed by atoms with E-state index in [1.807, 2.05) is 29.9 Å². The first-order valence-corrected chi connectivity index (χ1v) is 8.28. The predicted octanol–water partition coefficient (Wildman–Crippen LogP) is 3.24.